The Hall–Kier alpha value is -2.70. The maximum atomic E-state index is 13.2. The van der Waals surface area contributed by atoms with Crippen LogP contribution in [0.1, 0.15) is 23.7 Å². The summed E-state index contributed by atoms with van der Waals surface area (Å²) < 4.78 is 5.49. The van der Waals surface area contributed by atoms with E-state index in [4.69, 9.17) is 16.1 Å². The normalized spacial score (nSPS) is 14.9. The summed E-state index contributed by atoms with van der Waals surface area (Å²) >= 11 is 5.95. The van der Waals surface area contributed by atoms with Gasteiger partial charge >= 0.3 is 0 Å². The molecule has 0 N–H and O–H groups in total. The molecule has 0 spiro atoms. The van der Waals surface area contributed by atoms with Crippen LogP contribution in [-0.2, 0) is 0 Å². The van der Waals surface area contributed by atoms with Crippen LogP contribution < -0.4 is 0 Å². The predicted octanol–water partition coefficient (Wildman–Crippen LogP) is 4.22. The van der Waals surface area contributed by atoms with Gasteiger partial charge in [-0.1, -0.05) is 35.8 Å². The minimum absolute atomic E-state index is 0.00277. The molecule has 0 atom stereocenters. The number of carbonyl (C=O) groups excluding carboxylic acids is 1. The summed E-state index contributed by atoms with van der Waals surface area (Å²) in [7, 11) is 0. The van der Waals surface area contributed by atoms with Crippen molar-refractivity contribution in [3.8, 4) is 22.8 Å². The highest BCUT2D eigenvalue weighted by atomic mass is 35.5. The second-order valence-corrected chi connectivity index (χ2v) is 7.55. The molecule has 0 bridgehead atoms. The minimum Gasteiger partial charge on any atom is -0.336 e. The van der Waals surface area contributed by atoms with Crippen LogP contribution in [0.5, 0.6) is 0 Å². The van der Waals surface area contributed by atoms with Crippen molar-refractivity contribution in [2.24, 2.45) is 0 Å². The molecule has 1 aromatic heterocycles. The SMILES string of the molecule is CCCN1CCN(C(=O)c2ccccc2-c2nc(-c3ccc(Cl)cc3)no2)CC1. The average molecular weight is 411 g/mol. The summed E-state index contributed by atoms with van der Waals surface area (Å²) in [5.74, 6) is 0.804. The molecule has 1 aliphatic heterocycles. The van der Waals surface area contributed by atoms with Gasteiger partial charge in [-0.25, -0.2) is 0 Å². The fraction of sp³-hybridized carbons (Fsp3) is 0.318. The molecular formula is C22H23ClN4O2. The fourth-order valence-corrected chi connectivity index (χ4v) is 3.69. The van der Waals surface area contributed by atoms with Crippen LogP contribution in [0, 0.1) is 0 Å². The van der Waals surface area contributed by atoms with Crippen LogP contribution in [0.25, 0.3) is 22.8 Å². The first kappa shape index (κ1) is 19.6. The predicted molar refractivity (Wildman–Crippen MR) is 113 cm³/mol. The maximum Gasteiger partial charge on any atom is 0.259 e. The molecule has 0 saturated carbocycles. The van der Waals surface area contributed by atoms with Crippen LogP contribution in [-0.4, -0.2) is 58.6 Å². The molecule has 1 saturated heterocycles. The number of benzene rings is 2. The van der Waals surface area contributed by atoms with Crippen molar-refractivity contribution in [2.75, 3.05) is 32.7 Å². The van der Waals surface area contributed by atoms with Crippen molar-refractivity contribution in [2.45, 2.75) is 13.3 Å². The second kappa shape index (κ2) is 8.76. The van der Waals surface area contributed by atoms with E-state index in [9.17, 15) is 4.79 Å². The summed E-state index contributed by atoms with van der Waals surface area (Å²) in [5.41, 5.74) is 2.05. The van der Waals surface area contributed by atoms with Crippen molar-refractivity contribution in [3.05, 3.63) is 59.1 Å². The quantitative estimate of drug-likeness (QED) is 0.630. The van der Waals surface area contributed by atoms with E-state index in [0.717, 1.165) is 44.7 Å². The lowest BCUT2D eigenvalue weighted by Crippen LogP contribution is -2.48. The van der Waals surface area contributed by atoms with Crippen LogP contribution in [0.2, 0.25) is 5.02 Å². The Kier molecular flexibility index (Phi) is 5.92. The molecule has 4 rings (SSSR count). The summed E-state index contributed by atoms with van der Waals surface area (Å²) in [6, 6.07) is 14.6. The maximum absolute atomic E-state index is 13.2. The Labute approximate surface area is 175 Å². The molecule has 2 heterocycles. The van der Waals surface area contributed by atoms with Gasteiger partial charge in [0.1, 0.15) is 0 Å². The molecule has 150 valence electrons. The summed E-state index contributed by atoms with van der Waals surface area (Å²) in [6.07, 6.45) is 1.13. The molecule has 0 aliphatic carbocycles. The number of rotatable bonds is 5. The number of nitrogens with zero attached hydrogens (tertiary/aromatic N) is 4. The van der Waals surface area contributed by atoms with Gasteiger partial charge < -0.3 is 9.42 Å². The smallest absolute Gasteiger partial charge is 0.259 e. The third kappa shape index (κ3) is 4.33. The van der Waals surface area contributed by atoms with E-state index in [1.807, 2.05) is 41.3 Å². The molecule has 2 aromatic carbocycles. The number of piperazine rings is 1. The van der Waals surface area contributed by atoms with Gasteiger partial charge in [-0.15, -0.1) is 0 Å². The standard InChI is InChI=1S/C22H23ClN4O2/c1-2-11-26-12-14-27(15-13-26)22(28)19-6-4-3-5-18(19)21-24-20(25-29-21)16-7-9-17(23)10-8-16/h3-10H,2,11-15H2,1H3. The van der Waals surface area contributed by atoms with Gasteiger partial charge in [0.05, 0.1) is 11.1 Å². The number of hydrogen-bond donors (Lipinski definition) is 0. The highest BCUT2D eigenvalue weighted by Crippen LogP contribution is 2.27. The van der Waals surface area contributed by atoms with E-state index < -0.39 is 0 Å². The first-order valence-electron chi connectivity index (χ1n) is 9.86. The van der Waals surface area contributed by atoms with Crippen molar-refractivity contribution < 1.29 is 9.32 Å². The fourth-order valence-electron chi connectivity index (χ4n) is 3.57. The van der Waals surface area contributed by atoms with E-state index in [1.54, 1.807) is 12.1 Å². The summed E-state index contributed by atoms with van der Waals surface area (Å²) in [6.45, 7) is 6.52. The molecule has 0 radical (unpaired) electrons. The van der Waals surface area contributed by atoms with Crippen molar-refractivity contribution in [1.29, 1.82) is 0 Å². The van der Waals surface area contributed by atoms with E-state index in [1.165, 1.54) is 0 Å². The van der Waals surface area contributed by atoms with Gasteiger partial charge in [0.25, 0.3) is 11.8 Å². The van der Waals surface area contributed by atoms with Crippen LogP contribution in [0.4, 0.5) is 0 Å². The van der Waals surface area contributed by atoms with E-state index in [-0.39, 0.29) is 5.91 Å². The molecule has 1 aliphatic rings. The van der Waals surface area contributed by atoms with Gasteiger partial charge in [-0.05, 0) is 49.4 Å². The lowest BCUT2D eigenvalue weighted by molar-refractivity contribution is 0.0638. The first-order valence-corrected chi connectivity index (χ1v) is 10.2. The van der Waals surface area contributed by atoms with Gasteiger partial charge in [-0.3, -0.25) is 9.69 Å². The van der Waals surface area contributed by atoms with Crippen LogP contribution in [0.15, 0.2) is 53.1 Å². The van der Waals surface area contributed by atoms with Crippen molar-refractivity contribution in [1.82, 2.24) is 19.9 Å². The number of hydrogen-bond acceptors (Lipinski definition) is 5. The Morgan fingerprint density at radius 2 is 1.79 bits per heavy atom. The van der Waals surface area contributed by atoms with Crippen molar-refractivity contribution in [3.63, 3.8) is 0 Å². The second-order valence-electron chi connectivity index (χ2n) is 7.11. The molecular weight excluding hydrogens is 388 g/mol. The van der Waals surface area contributed by atoms with Crippen LogP contribution >= 0.6 is 11.6 Å². The van der Waals surface area contributed by atoms with Gasteiger partial charge in [0.2, 0.25) is 5.82 Å². The molecule has 1 fully saturated rings. The third-order valence-electron chi connectivity index (χ3n) is 5.12. The average Bonchev–Trinajstić information content (AvgIpc) is 3.25. The Morgan fingerprint density at radius 3 is 2.52 bits per heavy atom. The monoisotopic (exact) mass is 410 g/mol. The largest absolute Gasteiger partial charge is 0.336 e. The summed E-state index contributed by atoms with van der Waals surface area (Å²) in [5, 5.41) is 4.72. The number of halogens is 1. The van der Waals surface area contributed by atoms with Crippen molar-refractivity contribution >= 4 is 17.5 Å². The number of carbonyl (C=O) groups is 1. The molecule has 1 amide bonds. The number of amides is 1. The lowest BCUT2D eigenvalue weighted by atomic mass is 10.1. The third-order valence-corrected chi connectivity index (χ3v) is 5.37. The Bertz CT molecular complexity index is 978. The zero-order chi connectivity index (χ0) is 20.2. The topological polar surface area (TPSA) is 62.5 Å². The van der Waals surface area contributed by atoms with E-state index >= 15 is 0 Å². The highest BCUT2D eigenvalue weighted by molar-refractivity contribution is 6.30. The van der Waals surface area contributed by atoms with E-state index in [2.05, 4.69) is 22.0 Å². The number of aromatic nitrogens is 2. The zero-order valence-corrected chi connectivity index (χ0v) is 17.1. The minimum atomic E-state index is 0.00277. The van der Waals surface area contributed by atoms with Gasteiger partial charge in [0.15, 0.2) is 0 Å². The molecule has 0 unspecified atom stereocenters. The first-order chi connectivity index (χ1) is 14.2. The molecule has 3 aromatic rings. The Balaban J connectivity index is 1.56. The highest BCUT2D eigenvalue weighted by Gasteiger charge is 2.25. The van der Waals surface area contributed by atoms with Gasteiger partial charge in [0, 0.05) is 36.8 Å². The molecule has 6 nitrogen and oxygen atoms in total. The Morgan fingerprint density at radius 1 is 1.07 bits per heavy atom. The van der Waals surface area contributed by atoms with Crippen LogP contribution in [0.3, 0.4) is 0 Å². The molecule has 7 heteroatoms. The lowest BCUT2D eigenvalue weighted by Gasteiger charge is -2.34. The summed E-state index contributed by atoms with van der Waals surface area (Å²) in [4.78, 5) is 22.0. The zero-order valence-electron chi connectivity index (χ0n) is 16.3. The van der Waals surface area contributed by atoms with Gasteiger partial charge in [-0.2, -0.15) is 4.98 Å². The molecule has 29 heavy (non-hydrogen) atoms. The van der Waals surface area contributed by atoms with E-state index in [0.29, 0.717) is 27.9 Å².